The monoisotopic (exact) mass is 456 g/mol. The van der Waals surface area contributed by atoms with Crippen LogP contribution in [0.5, 0.6) is 0 Å². The second-order valence-electron chi connectivity index (χ2n) is 7.03. The van der Waals surface area contributed by atoms with Crippen molar-refractivity contribution in [2.75, 3.05) is 0 Å². The molecule has 0 aliphatic rings. The molecule has 160 valence electrons. The lowest BCUT2D eigenvalue weighted by Gasteiger charge is -2.11. The van der Waals surface area contributed by atoms with Crippen molar-refractivity contribution in [3.05, 3.63) is 80.1 Å². The summed E-state index contributed by atoms with van der Waals surface area (Å²) >= 11 is 1.48. The minimum atomic E-state index is -3.74. The van der Waals surface area contributed by atoms with Crippen LogP contribution in [0.15, 0.2) is 62.1 Å². The average Bonchev–Trinajstić information content (AvgIpc) is 3.37. The molecule has 0 aliphatic heterocycles. The van der Waals surface area contributed by atoms with Gasteiger partial charge in [0.1, 0.15) is 11.4 Å². The van der Waals surface area contributed by atoms with Crippen LogP contribution in [0.2, 0.25) is 0 Å². The van der Waals surface area contributed by atoms with Crippen molar-refractivity contribution >= 4 is 21.4 Å². The summed E-state index contributed by atoms with van der Waals surface area (Å²) in [6, 6.07) is 11.8. The number of nitrogens with one attached hydrogen (secondary N) is 1. The highest BCUT2D eigenvalue weighted by molar-refractivity contribution is 7.89. The van der Waals surface area contributed by atoms with E-state index < -0.39 is 10.0 Å². The first-order valence-corrected chi connectivity index (χ1v) is 11.8. The molecule has 0 aliphatic carbocycles. The van der Waals surface area contributed by atoms with Crippen molar-refractivity contribution in [3.8, 4) is 16.9 Å². The zero-order valence-electron chi connectivity index (χ0n) is 17.1. The number of hydrogen-bond donors (Lipinski definition) is 1. The molecule has 3 aromatic heterocycles. The van der Waals surface area contributed by atoms with Crippen molar-refractivity contribution in [1.29, 1.82) is 0 Å². The van der Waals surface area contributed by atoms with Gasteiger partial charge in [-0.25, -0.2) is 13.1 Å². The molecule has 0 saturated carbocycles. The largest absolute Gasteiger partial charge is 0.359 e. The molecule has 0 saturated heterocycles. The quantitative estimate of drug-likeness (QED) is 0.477. The second-order valence-corrected chi connectivity index (χ2v) is 9.79. The Labute approximate surface area is 183 Å². The third-order valence-corrected chi connectivity index (χ3v) is 7.22. The van der Waals surface area contributed by atoms with Crippen LogP contribution >= 0.6 is 11.3 Å². The number of aromatic nitrogens is 3. The first-order valence-electron chi connectivity index (χ1n) is 9.43. The van der Waals surface area contributed by atoms with Crippen LogP contribution in [-0.4, -0.2) is 23.4 Å². The Morgan fingerprint density at radius 2 is 1.94 bits per heavy atom. The van der Waals surface area contributed by atoms with Gasteiger partial charge in [0.05, 0.1) is 10.6 Å². The first-order chi connectivity index (χ1) is 14.8. The van der Waals surface area contributed by atoms with Gasteiger partial charge in [-0.05, 0) is 49.9 Å². The Kier molecular flexibility index (Phi) is 5.61. The Hall–Kier alpha value is -3.08. The highest BCUT2D eigenvalue weighted by Crippen LogP contribution is 2.25. The zero-order chi connectivity index (χ0) is 22.2. The minimum absolute atomic E-state index is 0.165. The summed E-state index contributed by atoms with van der Waals surface area (Å²) in [5.74, 6) is 0.467. The lowest BCUT2D eigenvalue weighted by Crippen LogP contribution is -2.24. The van der Waals surface area contributed by atoms with E-state index in [0.29, 0.717) is 34.0 Å². The Morgan fingerprint density at radius 3 is 2.61 bits per heavy atom. The van der Waals surface area contributed by atoms with Crippen LogP contribution in [0.3, 0.4) is 0 Å². The van der Waals surface area contributed by atoms with Gasteiger partial charge in [0, 0.05) is 23.1 Å². The molecule has 4 aromatic rings. The van der Waals surface area contributed by atoms with Crippen molar-refractivity contribution in [3.63, 3.8) is 0 Å². The van der Waals surface area contributed by atoms with E-state index >= 15 is 0 Å². The van der Waals surface area contributed by atoms with Crippen molar-refractivity contribution in [2.24, 2.45) is 0 Å². The van der Waals surface area contributed by atoms with Gasteiger partial charge in [0.15, 0.2) is 5.76 Å². The zero-order valence-corrected chi connectivity index (χ0v) is 18.8. The molecule has 0 fully saturated rings. The van der Waals surface area contributed by atoms with Gasteiger partial charge in [-0.1, -0.05) is 23.4 Å². The van der Waals surface area contributed by atoms with Gasteiger partial charge in [0.25, 0.3) is 5.56 Å². The normalized spacial score (nSPS) is 11.7. The molecule has 0 unspecified atom stereocenters. The third-order valence-electron chi connectivity index (χ3n) is 4.80. The molecule has 3 heterocycles. The number of benzene rings is 1. The van der Waals surface area contributed by atoms with Crippen LogP contribution in [-0.2, 0) is 16.6 Å². The fourth-order valence-corrected chi connectivity index (χ4v) is 5.22. The van der Waals surface area contributed by atoms with Crippen LogP contribution in [0.25, 0.3) is 16.9 Å². The van der Waals surface area contributed by atoms with Crippen molar-refractivity contribution < 1.29 is 12.9 Å². The SMILES string of the molecule is Cc1ccc(-c2ccc(=O)n(-c3c(C)noc3C)n2)cc1S(=O)(=O)NCc1cccs1. The fraction of sp³-hybridized carbons (Fsp3) is 0.190. The number of aryl methyl sites for hydroxylation is 3. The summed E-state index contributed by atoms with van der Waals surface area (Å²) in [6.45, 7) is 5.38. The maximum atomic E-state index is 12.9. The van der Waals surface area contributed by atoms with Gasteiger partial charge in [-0.2, -0.15) is 9.78 Å². The van der Waals surface area contributed by atoms with E-state index in [2.05, 4.69) is 15.0 Å². The first kappa shape index (κ1) is 21.2. The van der Waals surface area contributed by atoms with Crippen LogP contribution in [0.1, 0.15) is 21.9 Å². The minimum Gasteiger partial charge on any atom is -0.359 e. The number of sulfonamides is 1. The Morgan fingerprint density at radius 1 is 1.13 bits per heavy atom. The maximum absolute atomic E-state index is 12.9. The molecule has 10 heteroatoms. The molecule has 0 amide bonds. The predicted molar refractivity (Wildman–Crippen MR) is 118 cm³/mol. The van der Waals surface area contributed by atoms with Gasteiger partial charge < -0.3 is 4.52 Å². The number of hydrogen-bond acceptors (Lipinski definition) is 7. The van der Waals surface area contributed by atoms with Crippen LogP contribution in [0.4, 0.5) is 0 Å². The molecule has 1 aromatic carbocycles. The molecule has 0 spiro atoms. The Bertz CT molecular complexity index is 1380. The highest BCUT2D eigenvalue weighted by Gasteiger charge is 2.19. The van der Waals surface area contributed by atoms with E-state index in [1.54, 1.807) is 45.0 Å². The molecule has 0 radical (unpaired) electrons. The molecule has 0 atom stereocenters. The molecule has 1 N–H and O–H groups in total. The fourth-order valence-electron chi connectivity index (χ4n) is 3.21. The summed E-state index contributed by atoms with van der Waals surface area (Å²) in [5.41, 5.74) is 2.31. The highest BCUT2D eigenvalue weighted by atomic mass is 32.2. The summed E-state index contributed by atoms with van der Waals surface area (Å²) in [7, 11) is -3.74. The van der Waals surface area contributed by atoms with Gasteiger partial charge in [-0.3, -0.25) is 4.79 Å². The predicted octanol–water partition coefficient (Wildman–Crippen LogP) is 3.35. The van der Waals surface area contributed by atoms with Crippen molar-refractivity contribution in [1.82, 2.24) is 19.7 Å². The van der Waals surface area contributed by atoms with Gasteiger partial charge >= 0.3 is 0 Å². The second kappa shape index (κ2) is 8.22. The summed E-state index contributed by atoms with van der Waals surface area (Å²) in [5, 5.41) is 10.2. The van der Waals surface area contributed by atoms with E-state index in [1.807, 2.05) is 17.5 Å². The molecular formula is C21H20N4O4S2. The number of nitrogens with zero attached hydrogens (tertiary/aromatic N) is 3. The molecule has 4 rings (SSSR count). The average molecular weight is 457 g/mol. The molecular weight excluding hydrogens is 436 g/mol. The maximum Gasteiger partial charge on any atom is 0.271 e. The van der Waals surface area contributed by atoms with Gasteiger partial charge in [-0.15, -0.1) is 11.3 Å². The summed E-state index contributed by atoms with van der Waals surface area (Å²) in [6.07, 6.45) is 0. The third kappa shape index (κ3) is 4.22. The molecule has 31 heavy (non-hydrogen) atoms. The van der Waals surface area contributed by atoms with E-state index in [4.69, 9.17) is 4.52 Å². The molecule has 8 nitrogen and oxygen atoms in total. The van der Waals surface area contributed by atoms with Crippen LogP contribution in [0, 0.1) is 20.8 Å². The summed E-state index contributed by atoms with van der Waals surface area (Å²) in [4.78, 5) is 13.5. The van der Waals surface area contributed by atoms with Gasteiger partial charge in [0.2, 0.25) is 10.0 Å². The Balaban J connectivity index is 1.73. The summed E-state index contributed by atoms with van der Waals surface area (Å²) < 4.78 is 34.9. The van der Waals surface area contributed by atoms with E-state index in [-0.39, 0.29) is 17.0 Å². The smallest absolute Gasteiger partial charge is 0.271 e. The number of thiophene rings is 1. The van der Waals surface area contributed by atoms with Crippen LogP contribution < -0.4 is 10.3 Å². The van der Waals surface area contributed by atoms with E-state index in [9.17, 15) is 13.2 Å². The lowest BCUT2D eigenvalue weighted by molar-refractivity contribution is 0.392. The topological polar surface area (TPSA) is 107 Å². The van der Waals surface area contributed by atoms with Crippen molar-refractivity contribution in [2.45, 2.75) is 32.2 Å². The van der Waals surface area contributed by atoms with E-state index in [1.165, 1.54) is 22.1 Å². The standard InChI is InChI=1S/C21H20N4O4S2/c1-13-6-7-16(11-19(13)31(27,28)22-12-17-5-4-10-30-17)18-8-9-20(26)25(23-18)21-14(2)24-29-15(21)3/h4-11,22H,12H2,1-3H3. The number of rotatable bonds is 6. The lowest BCUT2D eigenvalue weighted by atomic mass is 10.1. The molecule has 0 bridgehead atoms. The van der Waals surface area contributed by atoms with E-state index in [0.717, 1.165) is 4.88 Å².